The highest BCUT2D eigenvalue weighted by molar-refractivity contribution is 5.95. The topological polar surface area (TPSA) is 89.8 Å². The van der Waals surface area contributed by atoms with Crippen LogP contribution in [0.15, 0.2) is 30.7 Å². The first-order valence-corrected chi connectivity index (χ1v) is 9.24. The number of morpholine rings is 2. The van der Waals surface area contributed by atoms with E-state index in [1.54, 1.807) is 52.3 Å². The Morgan fingerprint density at radius 3 is 2.29 bits per heavy atom. The third-order valence-electron chi connectivity index (χ3n) is 4.99. The van der Waals surface area contributed by atoms with Gasteiger partial charge in [-0.15, -0.1) is 0 Å². The fraction of sp³-hybridized carbons (Fsp3) is 0.474. The summed E-state index contributed by atoms with van der Waals surface area (Å²) in [6.45, 7) is 4.03. The average Bonchev–Trinajstić information content (AvgIpc) is 3.13. The first kappa shape index (κ1) is 18.6. The Bertz CT molecular complexity index is 894. The van der Waals surface area contributed by atoms with Crippen LogP contribution >= 0.6 is 0 Å². The lowest BCUT2D eigenvalue weighted by molar-refractivity contribution is -0.282. The Kier molecular flexibility index (Phi) is 4.86. The maximum atomic E-state index is 12.9. The number of carbonyl (C=O) groups excluding carboxylic acids is 2. The molecule has 148 valence electrons. The molecule has 2 amide bonds. The molecule has 1 spiro atoms. The molecule has 28 heavy (non-hydrogen) atoms. The van der Waals surface area contributed by atoms with Crippen molar-refractivity contribution in [2.45, 2.75) is 12.7 Å². The number of aryl methyl sites for hydroxylation is 2. The second-order valence-corrected chi connectivity index (χ2v) is 7.15. The summed E-state index contributed by atoms with van der Waals surface area (Å²) in [6.07, 6.45) is 4.87. The summed E-state index contributed by atoms with van der Waals surface area (Å²) in [5.41, 5.74) is 1.90. The molecule has 0 N–H and O–H groups in total. The maximum Gasteiger partial charge on any atom is 0.257 e. The van der Waals surface area contributed by atoms with Gasteiger partial charge in [-0.1, -0.05) is 0 Å². The summed E-state index contributed by atoms with van der Waals surface area (Å²) < 4.78 is 13.4. The van der Waals surface area contributed by atoms with Gasteiger partial charge in [-0.3, -0.25) is 19.3 Å². The molecule has 9 heteroatoms. The SMILES string of the molecule is Cc1cc(C(=O)N2CCOC3(C2)CN(C(=O)c2cnn(C)c2)CCO3)ccn1. The van der Waals surface area contributed by atoms with Gasteiger partial charge in [0.1, 0.15) is 0 Å². The van der Waals surface area contributed by atoms with Crippen molar-refractivity contribution in [1.82, 2.24) is 24.6 Å². The molecule has 9 nitrogen and oxygen atoms in total. The van der Waals surface area contributed by atoms with E-state index in [-0.39, 0.29) is 24.9 Å². The summed E-state index contributed by atoms with van der Waals surface area (Å²) in [4.78, 5) is 33.3. The van der Waals surface area contributed by atoms with E-state index in [4.69, 9.17) is 9.47 Å². The molecule has 0 saturated carbocycles. The number of ether oxygens (including phenoxy) is 2. The molecule has 2 fully saturated rings. The van der Waals surface area contributed by atoms with E-state index >= 15 is 0 Å². The third-order valence-corrected chi connectivity index (χ3v) is 4.99. The first-order chi connectivity index (χ1) is 13.5. The number of hydrogen-bond acceptors (Lipinski definition) is 6. The predicted octanol–water partition coefficient (Wildman–Crippen LogP) is 0.465. The molecule has 0 aromatic carbocycles. The normalized spacial score (nSPS) is 22.5. The molecule has 2 aromatic rings. The minimum atomic E-state index is -1.01. The van der Waals surface area contributed by atoms with E-state index in [0.717, 1.165) is 5.69 Å². The van der Waals surface area contributed by atoms with Crippen LogP contribution in [-0.4, -0.2) is 81.6 Å². The van der Waals surface area contributed by atoms with Crippen LogP contribution in [0.25, 0.3) is 0 Å². The van der Waals surface area contributed by atoms with Gasteiger partial charge in [0.05, 0.1) is 38.1 Å². The number of aromatic nitrogens is 3. The fourth-order valence-corrected chi connectivity index (χ4v) is 3.62. The van der Waals surface area contributed by atoms with Crippen molar-refractivity contribution in [3.8, 4) is 0 Å². The minimum absolute atomic E-state index is 0.0903. The smallest absolute Gasteiger partial charge is 0.257 e. The van der Waals surface area contributed by atoms with Crippen LogP contribution in [0.5, 0.6) is 0 Å². The highest BCUT2D eigenvalue weighted by Crippen LogP contribution is 2.26. The zero-order valence-electron chi connectivity index (χ0n) is 16.0. The van der Waals surface area contributed by atoms with Crippen molar-refractivity contribution >= 4 is 11.8 Å². The maximum absolute atomic E-state index is 12.9. The summed E-state index contributed by atoms with van der Waals surface area (Å²) in [5, 5.41) is 4.06. The molecular formula is C19H23N5O4. The molecule has 2 aliphatic heterocycles. The van der Waals surface area contributed by atoms with Gasteiger partial charge in [-0.05, 0) is 19.1 Å². The lowest BCUT2D eigenvalue weighted by Gasteiger charge is -2.47. The summed E-state index contributed by atoms with van der Waals surface area (Å²) in [5.74, 6) is -1.22. The third kappa shape index (κ3) is 3.63. The van der Waals surface area contributed by atoms with Crippen LogP contribution in [0.1, 0.15) is 26.4 Å². The van der Waals surface area contributed by atoms with E-state index in [1.807, 2.05) is 6.92 Å². The van der Waals surface area contributed by atoms with E-state index in [0.29, 0.717) is 37.4 Å². The van der Waals surface area contributed by atoms with Crippen molar-refractivity contribution in [2.24, 2.45) is 7.05 Å². The molecule has 1 unspecified atom stereocenters. The second kappa shape index (κ2) is 7.33. The summed E-state index contributed by atoms with van der Waals surface area (Å²) in [6, 6.07) is 3.47. The van der Waals surface area contributed by atoms with Crippen molar-refractivity contribution in [3.05, 3.63) is 47.5 Å². The van der Waals surface area contributed by atoms with Crippen LogP contribution in [0.4, 0.5) is 0 Å². The van der Waals surface area contributed by atoms with Gasteiger partial charge in [0.15, 0.2) is 0 Å². The number of carbonyl (C=O) groups is 2. The van der Waals surface area contributed by atoms with E-state index in [9.17, 15) is 9.59 Å². The van der Waals surface area contributed by atoms with Crippen LogP contribution < -0.4 is 0 Å². The predicted molar refractivity (Wildman–Crippen MR) is 98.6 cm³/mol. The minimum Gasteiger partial charge on any atom is -0.345 e. The van der Waals surface area contributed by atoms with Gasteiger partial charge in [-0.2, -0.15) is 5.10 Å². The number of hydrogen-bond donors (Lipinski definition) is 0. The molecule has 0 bridgehead atoms. The van der Waals surface area contributed by atoms with E-state index in [2.05, 4.69) is 10.1 Å². The van der Waals surface area contributed by atoms with Crippen molar-refractivity contribution in [3.63, 3.8) is 0 Å². The molecule has 4 heterocycles. The molecule has 2 aromatic heterocycles. The monoisotopic (exact) mass is 385 g/mol. The van der Waals surface area contributed by atoms with Gasteiger partial charge in [0.2, 0.25) is 5.79 Å². The fourth-order valence-electron chi connectivity index (χ4n) is 3.62. The molecule has 0 radical (unpaired) electrons. The number of rotatable bonds is 2. The van der Waals surface area contributed by atoms with Gasteiger partial charge in [0, 0.05) is 43.8 Å². The van der Waals surface area contributed by atoms with E-state index < -0.39 is 5.79 Å². The Labute approximate surface area is 162 Å². The Hall–Kier alpha value is -2.78. The molecule has 2 aliphatic rings. The number of pyridine rings is 1. The molecular weight excluding hydrogens is 362 g/mol. The molecule has 1 atom stereocenters. The van der Waals surface area contributed by atoms with E-state index in [1.165, 1.54) is 0 Å². The highest BCUT2D eigenvalue weighted by atomic mass is 16.7. The molecule has 2 saturated heterocycles. The second-order valence-electron chi connectivity index (χ2n) is 7.15. The average molecular weight is 385 g/mol. The Morgan fingerprint density at radius 1 is 1.07 bits per heavy atom. The molecule has 0 aliphatic carbocycles. The standard InChI is InChI=1S/C19H23N5O4/c1-14-9-15(3-4-20-14)17(25)23-5-7-27-19(12-23)13-24(6-8-28-19)18(26)16-10-21-22(2)11-16/h3-4,9-11H,5-8,12-13H2,1-2H3. The molecule has 4 rings (SSSR count). The van der Waals surface area contributed by atoms with Crippen molar-refractivity contribution in [2.75, 3.05) is 39.4 Å². The zero-order valence-corrected chi connectivity index (χ0v) is 16.0. The number of amides is 2. The number of nitrogens with zero attached hydrogens (tertiary/aromatic N) is 5. The van der Waals surface area contributed by atoms with Crippen LogP contribution in [0, 0.1) is 6.92 Å². The van der Waals surface area contributed by atoms with Crippen LogP contribution in [0.2, 0.25) is 0 Å². The van der Waals surface area contributed by atoms with Crippen LogP contribution in [0.3, 0.4) is 0 Å². The largest absolute Gasteiger partial charge is 0.345 e. The summed E-state index contributed by atoms with van der Waals surface area (Å²) >= 11 is 0. The van der Waals surface area contributed by atoms with Crippen LogP contribution in [-0.2, 0) is 16.5 Å². The Balaban J connectivity index is 1.49. The lowest BCUT2D eigenvalue weighted by atomic mass is 10.1. The first-order valence-electron chi connectivity index (χ1n) is 9.24. The zero-order chi connectivity index (χ0) is 19.7. The quantitative estimate of drug-likeness (QED) is 0.746. The van der Waals surface area contributed by atoms with Gasteiger partial charge >= 0.3 is 0 Å². The Morgan fingerprint density at radius 2 is 1.71 bits per heavy atom. The van der Waals surface area contributed by atoms with Crippen molar-refractivity contribution < 1.29 is 19.1 Å². The summed E-state index contributed by atoms with van der Waals surface area (Å²) in [7, 11) is 1.77. The highest BCUT2D eigenvalue weighted by Gasteiger charge is 2.44. The van der Waals surface area contributed by atoms with Gasteiger partial charge in [0.25, 0.3) is 11.8 Å². The van der Waals surface area contributed by atoms with Gasteiger partial charge < -0.3 is 19.3 Å². The lowest BCUT2D eigenvalue weighted by Crippen LogP contribution is -2.63. The van der Waals surface area contributed by atoms with Crippen molar-refractivity contribution in [1.29, 1.82) is 0 Å². The van der Waals surface area contributed by atoms with Gasteiger partial charge in [-0.25, -0.2) is 0 Å².